The molecule has 0 aliphatic heterocycles. The summed E-state index contributed by atoms with van der Waals surface area (Å²) in [5.74, 6) is 7.51. The van der Waals surface area contributed by atoms with Crippen LogP contribution in [0.3, 0.4) is 0 Å². The molecule has 3 aliphatic carbocycles. The number of ether oxygens (including phenoxy) is 1. The Bertz CT molecular complexity index is 927. The molecule has 0 aromatic rings. The second-order valence-electron chi connectivity index (χ2n) is 12.0. The van der Waals surface area contributed by atoms with Crippen molar-refractivity contribution in [2.75, 3.05) is 6.61 Å². The van der Waals surface area contributed by atoms with E-state index in [1.54, 1.807) is 6.92 Å². The first-order valence-electron chi connectivity index (χ1n) is 14.4. The largest absolute Gasteiger partial charge is 0.393 e. The highest BCUT2D eigenvalue weighted by Crippen LogP contribution is 2.60. The molecule has 0 spiro atoms. The summed E-state index contributed by atoms with van der Waals surface area (Å²) >= 11 is 0. The molecule has 5 unspecified atom stereocenters. The molecule has 5 heteroatoms. The van der Waals surface area contributed by atoms with Gasteiger partial charge in [0.2, 0.25) is 0 Å². The molecule has 3 saturated carbocycles. The lowest BCUT2D eigenvalue weighted by Crippen LogP contribution is -2.40. The van der Waals surface area contributed by atoms with Crippen molar-refractivity contribution in [1.29, 1.82) is 0 Å². The molecule has 0 heterocycles. The Hall–Kier alpha value is -1.45. The first-order valence-corrected chi connectivity index (χ1v) is 14.4. The summed E-state index contributed by atoms with van der Waals surface area (Å²) in [7, 11) is 0. The van der Waals surface area contributed by atoms with Crippen LogP contribution >= 0.6 is 0 Å². The summed E-state index contributed by atoms with van der Waals surface area (Å²) in [5.41, 5.74) is 1.88. The molecule has 0 aromatic carbocycles. The number of hydrogen-bond acceptors (Lipinski definition) is 4. The van der Waals surface area contributed by atoms with E-state index < -0.39 is 24.0 Å². The fourth-order valence-corrected chi connectivity index (χ4v) is 7.18. The number of hydrogen-bond donors (Lipinski definition) is 3. The predicted octanol–water partition coefficient (Wildman–Crippen LogP) is 6.06. The van der Waals surface area contributed by atoms with Crippen molar-refractivity contribution in [3.63, 3.8) is 0 Å². The summed E-state index contributed by atoms with van der Waals surface area (Å²) in [6, 6.07) is 0. The Balaban J connectivity index is 1.79. The topological polar surface area (TPSA) is 69.9 Å². The van der Waals surface area contributed by atoms with Gasteiger partial charge in [0.15, 0.2) is 0 Å². The van der Waals surface area contributed by atoms with E-state index in [1.807, 2.05) is 6.92 Å². The van der Waals surface area contributed by atoms with Crippen LogP contribution in [0, 0.1) is 35.0 Å². The molecule has 0 bridgehead atoms. The van der Waals surface area contributed by atoms with E-state index in [1.165, 1.54) is 18.9 Å². The molecule has 4 nitrogen and oxygen atoms in total. The maximum atomic E-state index is 14.0. The molecule has 3 fully saturated rings. The number of halogens is 1. The van der Waals surface area contributed by atoms with Crippen molar-refractivity contribution < 1.29 is 24.4 Å². The quantitative estimate of drug-likeness (QED) is 0.343. The van der Waals surface area contributed by atoms with Gasteiger partial charge in [-0.15, -0.1) is 0 Å². The van der Waals surface area contributed by atoms with Crippen molar-refractivity contribution in [1.82, 2.24) is 0 Å². The van der Waals surface area contributed by atoms with Crippen molar-refractivity contribution >= 4 is 0 Å². The second kappa shape index (κ2) is 12.6. The summed E-state index contributed by atoms with van der Waals surface area (Å²) < 4.78 is 20.1. The minimum Gasteiger partial charge on any atom is -0.393 e. The van der Waals surface area contributed by atoms with E-state index in [2.05, 4.69) is 44.4 Å². The molecule has 9 atom stereocenters. The third-order valence-electron chi connectivity index (χ3n) is 9.75. The number of aliphatic hydroxyl groups is 3. The highest BCUT2D eigenvalue weighted by molar-refractivity contribution is 5.38. The van der Waals surface area contributed by atoms with Crippen LogP contribution < -0.4 is 0 Å². The van der Waals surface area contributed by atoms with Crippen LogP contribution in [0.25, 0.3) is 0 Å². The van der Waals surface area contributed by atoms with Crippen LogP contribution in [-0.2, 0) is 4.74 Å². The average Bonchev–Trinajstić information content (AvgIpc) is 3.21. The molecule has 208 valence electrons. The van der Waals surface area contributed by atoms with Gasteiger partial charge in [-0.1, -0.05) is 56.9 Å². The van der Waals surface area contributed by atoms with Gasteiger partial charge in [-0.25, -0.2) is 4.39 Å². The molecule has 0 saturated heterocycles. The Morgan fingerprint density at radius 1 is 1.24 bits per heavy atom. The van der Waals surface area contributed by atoms with Crippen molar-refractivity contribution in [3.05, 3.63) is 35.5 Å². The van der Waals surface area contributed by atoms with Gasteiger partial charge in [0.1, 0.15) is 17.9 Å². The Labute approximate surface area is 224 Å². The van der Waals surface area contributed by atoms with Gasteiger partial charge < -0.3 is 20.1 Å². The van der Waals surface area contributed by atoms with Crippen molar-refractivity contribution in [3.8, 4) is 11.8 Å². The van der Waals surface area contributed by atoms with Gasteiger partial charge in [-0.05, 0) is 93.1 Å². The van der Waals surface area contributed by atoms with Crippen LogP contribution in [0.15, 0.2) is 35.5 Å². The van der Waals surface area contributed by atoms with E-state index in [0.717, 1.165) is 36.8 Å². The maximum absolute atomic E-state index is 14.0. The number of alkyl halides is 1. The highest BCUT2D eigenvalue weighted by Gasteiger charge is 2.51. The minimum atomic E-state index is -1.41. The van der Waals surface area contributed by atoms with Crippen LogP contribution in [0.4, 0.5) is 4.39 Å². The molecule has 3 N–H and O–H groups in total. The number of allylic oxidation sites excluding steroid dienone is 3. The number of fused-ring (bicyclic) bond motifs is 1. The molecular formula is C32H49FO4. The van der Waals surface area contributed by atoms with Gasteiger partial charge >= 0.3 is 0 Å². The third-order valence-corrected chi connectivity index (χ3v) is 9.75. The highest BCUT2D eigenvalue weighted by atomic mass is 19.1. The molecule has 3 rings (SSSR count). The lowest BCUT2D eigenvalue weighted by atomic mass is 9.60. The number of rotatable bonds is 8. The summed E-state index contributed by atoms with van der Waals surface area (Å²) in [5, 5.41) is 30.9. The maximum Gasteiger partial charge on any atom is 0.127 e. The van der Waals surface area contributed by atoms with E-state index >= 15 is 0 Å². The predicted molar refractivity (Wildman–Crippen MR) is 148 cm³/mol. The van der Waals surface area contributed by atoms with Crippen LogP contribution in [0.1, 0.15) is 92.4 Å². The first-order chi connectivity index (χ1) is 17.5. The van der Waals surface area contributed by atoms with Gasteiger partial charge in [0, 0.05) is 19.4 Å². The van der Waals surface area contributed by atoms with Gasteiger partial charge in [-0.3, -0.25) is 0 Å². The van der Waals surface area contributed by atoms with E-state index in [0.29, 0.717) is 37.7 Å². The number of aliphatic hydroxyl groups excluding tert-OH is 2. The van der Waals surface area contributed by atoms with E-state index in [9.17, 15) is 19.7 Å². The zero-order valence-electron chi connectivity index (χ0n) is 23.6. The standard InChI is InChI=1S/C32H49FO4/c1-7-32(36,23(5)33)18-10-12-30(37-8-2)22(4)27-15-16-28-24(11-9-17-31(27,28)6)13-14-25-19-26(34)20-29(35)21(25)3/h13-14,22-23,26-30,34-36H,3,7-9,11,15-20H2,1-2,4-6H3/b24-13-,25-14+/t22-,23?,26-,27?,28?,29+,30?,31-,32?/m1/s1. The fourth-order valence-electron chi connectivity index (χ4n) is 7.18. The van der Waals surface area contributed by atoms with Crippen LogP contribution in [0.5, 0.6) is 0 Å². The third kappa shape index (κ3) is 6.59. The molecule has 0 aromatic heterocycles. The summed E-state index contributed by atoms with van der Waals surface area (Å²) in [6.07, 6.45) is 8.55. The lowest BCUT2D eigenvalue weighted by Gasteiger charge is -2.45. The molecule has 0 radical (unpaired) electrons. The van der Waals surface area contributed by atoms with Crippen molar-refractivity contribution in [2.45, 2.75) is 122 Å². The van der Waals surface area contributed by atoms with Gasteiger partial charge in [0.25, 0.3) is 0 Å². The van der Waals surface area contributed by atoms with Gasteiger partial charge in [-0.2, -0.15) is 0 Å². The monoisotopic (exact) mass is 516 g/mol. The average molecular weight is 517 g/mol. The first kappa shape index (κ1) is 30.1. The Kier molecular flexibility index (Phi) is 10.3. The zero-order chi connectivity index (χ0) is 27.4. The summed E-state index contributed by atoms with van der Waals surface area (Å²) in [6.45, 7) is 14.5. The molecular weight excluding hydrogens is 467 g/mol. The smallest absolute Gasteiger partial charge is 0.127 e. The van der Waals surface area contributed by atoms with E-state index in [4.69, 9.17) is 4.74 Å². The fraction of sp³-hybridized carbons (Fsp3) is 0.750. The second-order valence-corrected chi connectivity index (χ2v) is 12.0. The van der Waals surface area contributed by atoms with E-state index in [-0.39, 0.29) is 23.9 Å². The molecule has 3 aliphatic rings. The van der Waals surface area contributed by atoms with Gasteiger partial charge in [0.05, 0.1) is 12.2 Å². The van der Waals surface area contributed by atoms with Crippen LogP contribution in [0.2, 0.25) is 0 Å². The minimum absolute atomic E-state index is 0.109. The lowest BCUT2D eigenvalue weighted by molar-refractivity contribution is -0.0268. The SMILES string of the molecule is C=C1/C(=C/C=C2/CCC[C@@]3(C)C2CCC3[C@@H](C)C(C#CCC(O)(CC)C(C)F)OCC)C[C@@H](O)C[C@@H]1O. The molecule has 0 amide bonds. The summed E-state index contributed by atoms with van der Waals surface area (Å²) in [4.78, 5) is 0. The molecule has 37 heavy (non-hydrogen) atoms. The normalized spacial score (nSPS) is 36.4. The Morgan fingerprint density at radius 2 is 1.97 bits per heavy atom. The zero-order valence-corrected chi connectivity index (χ0v) is 23.6. The Morgan fingerprint density at radius 3 is 2.62 bits per heavy atom. The van der Waals surface area contributed by atoms with Crippen LogP contribution in [-0.4, -0.2) is 52.0 Å². The van der Waals surface area contributed by atoms with Crippen molar-refractivity contribution in [2.24, 2.45) is 23.2 Å².